The summed E-state index contributed by atoms with van der Waals surface area (Å²) >= 11 is 6.32. The number of hydrogen-bond acceptors (Lipinski definition) is 6. The fourth-order valence-electron chi connectivity index (χ4n) is 3.46. The predicted molar refractivity (Wildman–Crippen MR) is 123 cm³/mol. The number of para-hydroxylation sites is 1. The van der Waals surface area contributed by atoms with Gasteiger partial charge in [0.1, 0.15) is 24.5 Å². The Morgan fingerprint density at radius 1 is 1.03 bits per heavy atom. The molecule has 1 N–H and O–H groups in total. The molecule has 0 radical (unpaired) electrons. The first kappa shape index (κ1) is 21.1. The molecule has 0 saturated heterocycles. The Hall–Kier alpha value is -3.78. The van der Waals surface area contributed by atoms with Gasteiger partial charge in [-0.15, -0.1) is 0 Å². The van der Waals surface area contributed by atoms with Gasteiger partial charge in [0.15, 0.2) is 23.3 Å². The van der Waals surface area contributed by atoms with Crippen molar-refractivity contribution in [3.63, 3.8) is 0 Å². The number of fused-ring (bicyclic) bond motifs is 1. The van der Waals surface area contributed by atoms with Crippen molar-refractivity contribution >= 4 is 39.9 Å². The van der Waals surface area contributed by atoms with Gasteiger partial charge in [0.05, 0.1) is 17.1 Å². The topological polar surface area (TPSA) is 68.6 Å². The van der Waals surface area contributed by atoms with Crippen LogP contribution in [0.3, 0.4) is 0 Å². The highest BCUT2D eigenvalue weighted by Gasteiger charge is 2.14. The second-order valence-corrected chi connectivity index (χ2v) is 7.70. The molecule has 0 saturated carbocycles. The van der Waals surface area contributed by atoms with Crippen molar-refractivity contribution in [3.8, 4) is 11.5 Å². The number of benzene rings is 3. The van der Waals surface area contributed by atoms with E-state index in [1.807, 2.05) is 18.2 Å². The molecule has 0 unspecified atom stereocenters. The molecule has 0 fully saturated rings. The molecule has 4 aromatic rings. The lowest BCUT2D eigenvalue weighted by Crippen LogP contribution is -2.03. The average Bonchev–Trinajstić information content (AvgIpc) is 3.31. The number of hydrogen-bond donors (Lipinski definition) is 1. The SMILES string of the molecule is Fc1cccc(F)c1Oc1ccc(Nc2ncnc3ccc(CC4=NCCO4)cc23)cc1Cl. The van der Waals surface area contributed by atoms with Crippen LogP contribution < -0.4 is 10.1 Å². The maximum Gasteiger partial charge on any atom is 0.198 e. The van der Waals surface area contributed by atoms with Gasteiger partial charge in [0, 0.05) is 17.5 Å². The van der Waals surface area contributed by atoms with Gasteiger partial charge in [-0.25, -0.2) is 18.7 Å². The number of rotatable bonds is 6. The van der Waals surface area contributed by atoms with E-state index in [1.54, 1.807) is 12.1 Å². The van der Waals surface area contributed by atoms with Gasteiger partial charge in [-0.1, -0.05) is 23.7 Å². The normalized spacial score (nSPS) is 13.0. The summed E-state index contributed by atoms with van der Waals surface area (Å²) in [5.74, 6) is -0.713. The number of aliphatic imine (C=N–C) groups is 1. The summed E-state index contributed by atoms with van der Waals surface area (Å²) in [6.07, 6.45) is 2.06. The van der Waals surface area contributed by atoms with Gasteiger partial charge < -0.3 is 14.8 Å². The van der Waals surface area contributed by atoms with E-state index in [1.165, 1.54) is 18.5 Å². The monoisotopic (exact) mass is 466 g/mol. The highest BCUT2D eigenvalue weighted by molar-refractivity contribution is 6.32. The maximum absolute atomic E-state index is 13.9. The molecule has 6 nitrogen and oxygen atoms in total. The van der Waals surface area contributed by atoms with Crippen LogP contribution in [-0.2, 0) is 11.2 Å². The van der Waals surface area contributed by atoms with Gasteiger partial charge in [0.2, 0.25) is 0 Å². The first-order valence-electron chi connectivity index (χ1n) is 10.1. The summed E-state index contributed by atoms with van der Waals surface area (Å²) in [4.78, 5) is 13.0. The molecule has 2 heterocycles. The van der Waals surface area contributed by atoms with Crippen LogP contribution in [0.25, 0.3) is 10.9 Å². The van der Waals surface area contributed by atoms with E-state index in [0.29, 0.717) is 31.1 Å². The Morgan fingerprint density at radius 2 is 1.88 bits per heavy atom. The van der Waals surface area contributed by atoms with Crippen molar-refractivity contribution in [1.29, 1.82) is 0 Å². The Morgan fingerprint density at radius 3 is 2.64 bits per heavy atom. The van der Waals surface area contributed by atoms with E-state index in [-0.39, 0.29) is 10.8 Å². The molecule has 33 heavy (non-hydrogen) atoms. The van der Waals surface area contributed by atoms with Crippen molar-refractivity contribution in [3.05, 3.63) is 83.1 Å². The van der Waals surface area contributed by atoms with Crippen LogP contribution in [0.2, 0.25) is 5.02 Å². The largest absolute Gasteiger partial charge is 0.479 e. The highest BCUT2D eigenvalue weighted by Crippen LogP contribution is 2.35. The lowest BCUT2D eigenvalue weighted by atomic mass is 10.1. The summed E-state index contributed by atoms with van der Waals surface area (Å²) in [5.41, 5.74) is 2.41. The molecule has 166 valence electrons. The molecule has 5 rings (SSSR count). The molecule has 1 aliphatic heterocycles. The molecule has 9 heteroatoms. The number of nitrogens with zero attached hydrogens (tertiary/aromatic N) is 3. The summed E-state index contributed by atoms with van der Waals surface area (Å²) in [6, 6.07) is 14.2. The highest BCUT2D eigenvalue weighted by atomic mass is 35.5. The standard InChI is InChI=1S/C24H17ClF2N4O2/c25-17-12-15(5-7-21(17)33-23-18(26)2-1-3-19(23)27)31-24-16-10-14(11-22-28-8-9-32-22)4-6-20(16)29-13-30-24/h1-7,10,12-13H,8-9,11H2,(H,29,30,31). The molecule has 0 aliphatic carbocycles. The van der Waals surface area contributed by atoms with E-state index < -0.39 is 17.4 Å². The fourth-order valence-corrected chi connectivity index (χ4v) is 3.68. The van der Waals surface area contributed by atoms with Crippen LogP contribution in [0.1, 0.15) is 5.56 Å². The fraction of sp³-hybridized carbons (Fsp3) is 0.125. The molecule has 3 aromatic carbocycles. The predicted octanol–water partition coefficient (Wildman–Crippen LogP) is 6.07. The smallest absolute Gasteiger partial charge is 0.198 e. The summed E-state index contributed by atoms with van der Waals surface area (Å²) < 4.78 is 38.7. The quantitative estimate of drug-likeness (QED) is 0.373. The third-order valence-electron chi connectivity index (χ3n) is 5.03. The Balaban J connectivity index is 1.40. The number of ether oxygens (including phenoxy) is 2. The van der Waals surface area contributed by atoms with Crippen LogP contribution in [0.15, 0.2) is 65.9 Å². The zero-order valence-electron chi connectivity index (χ0n) is 17.2. The van der Waals surface area contributed by atoms with Gasteiger partial charge in [-0.2, -0.15) is 0 Å². The van der Waals surface area contributed by atoms with Crippen LogP contribution in [0.4, 0.5) is 20.3 Å². The molecular formula is C24H17ClF2N4O2. The maximum atomic E-state index is 13.9. The van der Waals surface area contributed by atoms with Gasteiger partial charge in [-0.3, -0.25) is 4.99 Å². The second kappa shape index (κ2) is 8.99. The van der Waals surface area contributed by atoms with Gasteiger partial charge in [0.25, 0.3) is 0 Å². The minimum Gasteiger partial charge on any atom is -0.479 e. The van der Waals surface area contributed by atoms with Gasteiger partial charge in [-0.05, 0) is 48.0 Å². The Kier molecular flexibility index (Phi) is 5.75. The van der Waals surface area contributed by atoms with E-state index in [4.69, 9.17) is 21.1 Å². The van der Waals surface area contributed by atoms with Crippen LogP contribution in [0.5, 0.6) is 11.5 Å². The van der Waals surface area contributed by atoms with Gasteiger partial charge >= 0.3 is 0 Å². The zero-order chi connectivity index (χ0) is 22.8. The zero-order valence-corrected chi connectivity index (χ0v) is 17.9. The van der Waals surface area contributed by atoms with E-state index >= 15 is 0 Å². The van der Waals surface area contributed by atoms with Crippen LogP contribution in [0, 0.1) is 11.6 Å². The summed E-state index contributed by atoms with van der Waals surface area (Å²) in [6.45, 7) is 1.30. The molecule has 0 amide bonds. The summed E-state index contributed by atoms with van der Waals surface area (Å²) in [5, 5.41) is 4.22. The minimum absolute atomic E-state index is 0.124. The Labute approximate surface area is 192 Å². The molecule has 0 bridgehead atoms. The average molecular weight is 467 g/mol. The molecular weight excluding hydrogens is 450 g/mol. The van der Waals surface area contributed by atoms with Crippen LogP contribution >= 0.6 is 11.6 Å². The second-order valence-electron chi connectivity index (χ2n) is 7.30. The molecule has 1 aromatic heterocycles. The van der Waals surface area contributed by atoms with Crippen LogP contribution in [-0.4, -0.2) is 29.0 Å². The lowest BCUT2D eigenvalue weighted by Gasteiger charge is -2.13. The molecule has 1 aliphatic rings. The summed E-state index contributed by atoms with van der Waals surface area (Å²) in [7, 11) is 0. The molecule has 0 atom stereocenters. The number of anilines is 2. The lowest BCUT2D eigenvalue weighted by molar-refractivity contribution is 0.341. The number of aromatic nitrogens is 2. The number of nitrogens with one attached hydrogen (secondary N) is 1. The third-order valence-corrected chi connectivity index (χ3v) is 5.32. The van der Waals surface area contributed by atoms with E-state index in [2.05, 4.69) is 20.3 Å². The van der Waals surface area contributed by atoms with Crippen molar-refractivity contribution in [1.82, 2.24) is 9.97 Å². The van der Waals surface area contributed by atoms with Crippen molar-refractivity contribution < 1.29 is 18.3 Å². The minimum atomic E-state index is -0.814. The van der Waals surface area contributed by atoms with E-state index in [0.717, 1.165) is 34.5 Å². The van der Waals surface area contributed by atoms with E-state index in [9.17, 15) is 8.78 Å². The Bertz CT molecular complexity index is 1360. The first-order chi connectivity index (χ1) is 16.1. The molecule has 0 spiro atoms. The first-order valence-corrected chi connectivity index (χ1v) is 10.5. The number of halogens is 3. The van der Waals surface area contributed by atoms with Crippen molar-refractivity contribution in [2.75, 3.05) is 18.5 Å². The van der Waals surface area contributed by atoms with Crippen molar-refractivity contribution in [2.24, 2.45) is 4.99 Å². The van der Waals surface area contributed by atoms with Crippen molar-refractivity contribution in [2.45, 2.75) is 6.42 Å². The third kappa shape index (κ3) is 4.56.